The van der Waals surface area contributed by atoms with Crippen LogP contribution in [0.4, 0.5) is 0 Å². The Hall–Kier alpha value is -3.72. The van der Waals surface area contributed by atoms with E-state index in [1.165, 1.54) is 0 Å². The molecular weight excluding hydrogens is 470 g/mol. The van der Waals surface area contributed by atoms with Gasteiger partial charge in [-0.2, -0.15) is 5.10 Å². The van der Waals surface area contributed by atoms with E-state index in [1.807, 2.05) is 46.8 Å². The number of fused-ring (bicyclic) bond motifs is 3. The number of rotatable bonds is 5. The van der Waals surface area contributed by atoms with Gasteiger partial charge in [0, 0.05) is 49.5 Å². The largest absolute Gasteiger partial charge is 0.477 e. The van der Waals surface area contributed by atoms with Gasteiger partial charge in [-0.25, -0.2) is 4.98 Å². The molecule has 2 saturated heterocycles. The number of amides is 1. The van der Waals surface area contributed by atoms with Crippen molar-refractivity contribution in [2.45, 2.75) is 38.6 Å². The number of benzene rings is 1. The molecule has 0 radical (unpaired) electrons. The Morgan fingerprint density at radius 2 is 1.95 bits per heavy atom. The molecular formula is C28H31N5O4. The molecule has 5 heterocycles. The predicted molar refractivity (Wildman–Crippen MR) is 140 cm³/mol. The summed E-state index contributed by atoms with van der Waals surface area (Å²) in [6.07, 6.45) is 6.84. The molecule has 3 aromatic heterocycles. The highest BCUT2D eigenvalue weighted by atomic mass is 16.5. The van der Waals surface area contributed by atoms with Crippen LogP contribution in [0.3, 0.4) is 0 Å². The lowest BCUT2D eigenvalue weighted by Gasteiger charge is -2.32. The first-order chi connectivity index (χ1) is 18.1. The van der Waals surface area contributed by atoms with Crippen molar-refractivity contribution in [3.63, 3.8) is 0 Å². The van der Waals surface area contributed by atoms with Crippen molar-refractivity contribution >= 4 is 27.7 Å². The Morgan fingerprint density at radius 3 is 2.70 bits per heavy atom. The molecule has 0 bridgehead atoms. The highest BCUT2D eigenvalue weighted by molar-refractivity contribution is 6.07. The number of nitrogens with one attached hydrogen (secondary N) is 1. The lowest BCUT2D eigenvalue weighted by atomic mass is 9.96. The minimum absolute atomic E-state index is 0.0278. The van der Waals surface area contributed by atoms with Gasteiger partial charge in [0.25, 0.3) is 11.5 Å². The molecule has 6 rings (SSSR count). The molecule has 0 atom stereocenters. The molecule has 2 fully saturated rings. The summed E-state index contributed by atoms with van der Waals surface area (Å²) in [4.78, 5) is 35.6. The lowest BCUT2D eigenvalue weighted by molar-refractivity contribution is 0.0658. The second kappa shape index (κ2) is 9.97. The number of aryl methyl sites for hydroxylation is 1. The smallest absolute Gasteiger partial charge is 0.259 e. The van der Waals surface area contributed by atoms with Gasteiger partial charge in [0.15, 0.2) is 0 Å². The van der Waals surface area contributed by atoms with Crippen molar-refractivity contribution in [1.82, 2.24) is 24.6 Å². The molecule has 192 valence electrons. The van der Waals surface area contributed by atoms with Crippen LogP contribution in [0.2, 0.25) is 0 Å². The van der Waals surface area contributed by atoms with Crippen LogP contribution in [0.25, 0.3) is 21.8 Å². The third-order valence-corrected chi connectivity index (χ3v) is 7.68. The molecule has 0 saturated carbocycles. The summed E-state index contributed by atoms with van der Waals surface area (Å²) >= 11 is 0. The second-order valence-corrected chi connectivity index (χ2v) is 10.1. The van der Waals surface area contributed by atoms with Gasteiger partial charge < -0.3 is 19.4 Å². The number of aromatic nitrogens is 4. The van der Waals surface area contributed by atoms with Gasteiger partial charge in [-0.1, -0.05) is 6.07 Å². The summed E-state index contributed by atoms with van der Waals surface area (Å²) in [5.41, 5.74) is 2.89. The number of H-pyrrole nitrogens is 1. The molecule has 0 spiro atoms. The van der Waals surface area contributed by atoms with Crippen molar-refractivity contribution in [2.24, 2.45) is 5.92 Å². The number of nitrogens with zero attached hydrogens (tertiary/aromatic N) is 4. The van der Waals surface area contributed by atoms with Gasteiger partial charge in [0.1, 0.15) is 0 Å². The fourth-order valence-corrected chi connectivity index (χ4v) is 5.54. The van der Waals surface area contributed by atoms with Crippen LogP contribution < -0.4 is 10.3 Å². The summed E-state index contributed by atoms with van der Waals surface area (Å²) in [5, 5.41) is 6.00. The maximum atomic E-state index is 13.7. The molecule has 4 aromatic rings. The number of hydrogen-bond donors (Lipinski definition) is 1. The highest BCUT2D eigenvalue weighted by Gasteiger charge is 2.27. The van der Waals surface area contributed by atoms with Crippen molar-refractivity contribution in [3.8, 4) is 5.88 Å². The van der Waals surface area contributed by atoms with Gasteiger partial charge in [-0.15, -0.1) is 0 Å². The lowest BCUT2D eigenvalue weighted by Crippen LogP contribution is -2.40. The first-order valence-corrected chi connectivity index (χ1v) is 13.0. The molecule has 2 aliphatic rings. The van der Waals surface area contributed by atoms with Crippen molar-refractivity contribution in [2.75, 3.05) is 32.9 Å². The molecule has 1 N–H and O–H groups in total. The van der Waals surface area contributed by atoms with Crippen LogP contribution >= 0.6 is 0 Å². The van der Waals surface area contributed by atoms with Crippen molar-refractivity contribution in [3.05, 3.63) is 64.2 Å². The quantitative estimate of drug-likeness (QED) is 0.446. The summed E-state index contributed by atoms with van der Waals surface area (Å²) in [6.45, 7) is 5.27. The molecule has 9 nitrogen and oxygen atoms in total. The number of hydrogen-bond acceptors (Lipinski definition) is 6. The summed E-state index contributed by atoms with van der Waals surface area (Å²) in [7, 11) is 0. The minimum Gasteiger partial charge on any atom is -0.477 e. The zero-order valence-corrected chi connectivity index (χ0v) is 21.0. The summed E-state index contributed by atoms with van der Waals surface area (Å²) in [5.74, 6) is 1.06. The van der Waals surface area contributed by atoms with E-state index in [0.717, 1.165) is 47.7 Å². The van der Waals surface area contributed by atoms with Crippen LogP contribution in [0.5, 0.6) is 5.88 Å². The molecule has 37 heavy (non-hydrogen) atoms. The van der Waals surface area contributed by atoms with Gasteiger partial charge >= 0.3 is 0 Å². The first kappa shape index (κ1) is 23.7. The molecule has 1 amide bonds. The van der Waals surface area contributed by atoms with E-state index < -0.39 is 0 Å². The maximum Gasteiger partial charge on any atom is 0.259 e. The van der Waals surface area contributed by atoms with E-state index in [0.29, 0.717) is 55.7 Å². The highest BCUT2D eigenvalue weighted by Crippen LogP contribution is 2.30. The van der Waals surface area contributed by atoms with Gasteiger partial charge in [0.05, 0.1) is 35.3 Å². The Bertz CT molecular complexity index is 1480. The molecule has 0 aliphatic carbocycles. The number of pyridine rings is 2. The monoisotopic (exact) mass is 501 g/mol. The number of likely N-dealkylation sites (tertiary alicyclic amines) is 1. The average molecular weight is 502 g/mol. The van der Waals surface area contributed by atoms with E-state index in [1.54, 1.807) is 12.4 Å². The maximum absolute atomic E-state index is 13.7. The predicted octanol–water partition coefficient (Wildman–Crippen LogP) is 3.86. The molecule has 1 aromatic carbocycles. The van der Waals surface area contributed by atoms with Crippen LogP contribution in [0.15, 0.2) is 47.5 Å². The SMILES string of the molecule is Cc1cc2[nH]c(=O)c3cnn(C4CCOCC4)c3c2cc1C(=O)N1CCC(COc2ccccn2)CC1. The van der Waals surface area contributed by atoms with E-state index >= 15 is 0 Å². The van der Waals surface area contributed by atoms with Crippen LogP contribution in [-0.2, 0) is 4.74 Å². The third-order valence-electron chi connectivity index (χ3n) is 7.68. The molecule has 0 unspecified atom stereocenters. The van der Waals surface area contributed by atoms with Crippen LogP contribution in [-0.4, -0.2) is 63.5 Å². The third kappa shape index (κ3) is 4.59. The number of piperidine rings is 1. The number of ether oxygens (including phenoxy) is 2. The van der Waals surface area contributed by atoms with E-state index in [4.69, 9.17) is 9.47 Å². The molecule has 9 heteroatoms. The zero-order valence-electron chi connectivity index (χ0n) is 21.0. The van der Waals surface area contributed by atoms with Crippen LogP contribution in [0, 0.1) is 12.8 Å². The normalized spacial score (nSPS) is 17.5. The Morgan fingerprint density at radius 1 is 1.14 bits per heavy atom. The average Bonchev–Trinajstić information content (AvgIpc) is 3.39. The summed E-state index contributed by atoms with van der Waals surface area (Å²) < 4.78 is 13.3. The Balaban J connectivity index is 1.25. The van der Waals surface area contributed by atoms with E-state index in [9.17, 15) is 9.59 Å². The molecule has 2 aliphatic heterocycles. The van der Waals surface area contributed by atoms with Gasteiger partial charge in [-0.05, 0) is 62.3 Å². The topological polar surface area (TPSA) is 102 Å². The van der Waals surface area contributed by atoms with Crippen molar-refractivity contribution < 1.29 is 14.3 Å². The van der Waals surface area contributed by atoms with Crippen LogP contribution in [0.1, 0.15) is 47.6 Å². The first-order valence-electron chi connectivity index (χ1n) is 13.0. The number of aromatic amines is 1. The fraction of sp³-hybridized carbons (Fsp3) is 0.429. The van der Waals surface area contributed by atoms with Gasteiger partial charge in [-0.3, -0.25) is 14.3 Å². The summed E-state index contributed by atoms with van der Waals surface area (Å²) in [6, 6.07) is 9.67. The second-order valence-electron chi connectivity index (χ2n) is 10.1. The Kier molecular flexibility index (Phi) is 6.38. The standard InChI is InChI=1S/C28H31N5O4/c1-18-14-24-22(26-23(27(34)31-24)16-30-33(26)20-7-12-36-13-8-20)15-21(18)28(35)32-10-5-19(6-11-32)17-37-25-4-2-3-9-29-25/h2-4,9,14-16,19-20H,5-8,10-13,17H2,1H3,(H,31,34). The fourth-order valence-electron chi connectivity index (χ4n) is 5.54. The minimum atomic E-state index is -0.158. The van der Waals surface area contributed by atoms with Crippen molar-refractivity contribution in [1.29, 1.82) is 0 Å². The zero-order chi connectivity index (χ0) is 25.4. The number of carbonyl (C=O) groups is 1. The number of carbonyl (C=O) groups excluding carboxylic acids is 1. The Labute approximate surface area is 214 Å². The van der Waals surface area contributed by atoms with E-state index in [2.05, 4.69) is 15.1 Å². The van der Waals surface area contributed by atoms with Gasteiger partial charge in [0.2, 0.25) is 5.88 Å². The van der Waals surface area contributed by atoms with E-state index in [-0.39, 0.29) is 17.5 Å².